The van der Waals surface area contributed by atoms with Crippen LogP contribution in [-0.2, 0) is 25.7 Å². The van der Waals surface area contributed by atoms with Gasteiger partial charge in [-0.05, 0) is 42.3 Å². The number of nitrogens with zero attached hydrogens (tertiary/aromatic N) is 4. The van der Waals surface area contributed by atoms with Gasteiger partial charge >= 0.3 is 0 Å². The summed E-state index contributed by atoms with van der Waals surface area (Å²) in [7, 11) is 6.19. The van der Waals surface area contributed by atoms with E-state index in [1.54, 1.807) is 31.1 Å². The largest absolute Gasteiger partial charge is 0.493 e. The number of thiophene rings is 1. The molecule has 4 heterocycles. The van der Waals surface area contributed by atoms with Gasteiger partial charge in [0, 0.05) is 81.1 Å². The van der Waals surface area contributed by atoms with Crippen molar-refractivity contribution in [1.29, 1.82) is 0 Å². The van der Waals surface area contributed by atoms with Gasteiger partial charge in [-0.15, -0.1) is 11.3 Å². The van der Waals surface area contributed by atoms with Gasteiger partial charge in [0.25, 0.3) is 12.4 Å². The highest BCUT2D eigenvalue weighted by atomic mass is 32.1. The predicted molar refractivity (Wildman–Crippen MR) is 198 cm³/mol. The summed E-state index contributed by atoms with van der Waals surface area (Å²) in [6, 6.07) is 13.7. The summed E-state index contributed by atoms with van der Waals surface area (Å²) in [5.41, 5.74) is 1.50. The second-order valence-electron chi connectivity index (χ2n) is 12.5. The molecule has 0 spiro atoms. The van der Waals surface area contributed by atoms with Gasteiger partial charge in [0.15, 0.2) is 11.5 Å². The fourth-order valence-corrected chi connectivity index (χ4v) is 7.77. The van der Waals surface area contributed by atoms with Crippen molar-refractivity contribution in [3.8, 4) is 17.2 Å². The Labute approximate surface area is 306 Å². The lowest BCUT2D eigenvalue weighted by Gasteiger charge is -2.35. The van der Waals surface area contributed by atoms with Crippen molar-refractivity contribution in [3.05, 3.63) is 52.9 Å². The van der Waals surface area contributed by atoms with Crippen molar-refractivity contribution < 1.29 is 43.2 Å². The minimum atomic E-state index is -0.250. The maximum atomic E-state index is 14.5. The third-order valence-electron chi connectivity index (χ3n) is 9.24. The number of ether oxygens (including phenoxy) is 4. The average Bonchev–Trinajstić information content (AvgIpc) is 3.60. The number of rotatable bonds is 6. The molecule has 3 amide bonds. The van der Waals surface area contributed by atoms with Gasteiger partial charge in [-0.25, -0.2) is 4.98 Å². The van der Waals surface area contributed by atoms with E-state index in [0.29, 0.717) is 40.7 Å². The summed E-state index contributed by atoms with van der Waals surface area (Å²) in [6.07, 6.45) is 2.05. The lowest BCUT2D eigenvalue weighted by atomic mass is 9.97. The number of pyridine rings is 1. The van der Waals surface area contributed by atoms with Gasteiger partial charge in [0.1, 0.15) is 12.4 Å². The first-order chi connectivity index (χ1) is 25.2. The molecule has 0 radical (unpaired) electrons. The Balaban J connectivity index is 0.00000168. The number of aromatic nitrogens is 1. The van der Waals surface area contributed by atoms with E-state index in [1.165, 1.54) is 18.4 Å². The van der Waals surface area contributed by atoms with Crippen molar-refractivity contribution in [2.45, 2.75) is 25.8 Å². The third-order valence-corrected chi connectivity index (χ3v) is 10.3. The number of nitrogens with one attached hydrogen (secondary N) is 1. The van der Waals surface area contributed by atoms with Crippen molar-refractivity contribution in [1.82, 2.24) is 20.1 Å². The maximum absolute atomic E-state index is 14.5. The molecule has 2 aromatic heterocycles. The van der Waals surface area contributed by atoms with Crippen LogP contribution in [0.2, 0.25) is 0 Å². The SMILES string of the molecule is COCC(=O)N1CCC(=O)NCC2CCCN(C2)c2nc3cc(OC)c(OC)c(OC)c3cc2CN(C(=O)c2cc3ccccc3s2)CC1.O=CO. The zero-order valence-corrected chi connectivity index (χ0v) is 30.7. The zero-order chi connectivity index (χ0) is 37.2. The number of carboxylic acid groups (broad SMARTS) is 1. The number of hydrogen-bond acceptors (Lipinski definition) is 11. The Kier molecular flexibility index (Phi) is 13.1. The van der Waals surface area contributed by atoms with Crippen LogP contribution in [-0.4, -0.2) is 118 Å². The summed E-state index contributed by atoms with van der Waals surface area (Å²) in [6.45, 7) is 2.54. The number of carbonyl (C=O) groups is 4. The van der Waals surface area contributed by atoms with Crippen LogP contribution in [0.3, 0.4) is 0 Å². The predicted octanol–water partition coefficient (Wildman–Crippen LogP) is 4.03. The molecule has 0 aliphatic carbocycles. The van der Waals surface area contributed by atoms with E-state index >= 15 is 0 Å². The van der Waals surface area contributed by atoms with Crippen LogP contribution >= 0.6 is 11.3 Å². The lowest BCUT2D eigenvalue weighted by molar-refractivity contribution is -0.136. The van der Waals surface area contributed by atoms with Crippen LogP contribution in [0.15, 0.2) is 42.5 Å². The van der Waals surface area contributed by atoms with Crippen LogP contribution in [0.1, 0.15) is 34.5 Å². The van der Waals surface area contributed by atoms with Crippen LogP contribution in [0, 0.1) is 5.92 Å². The molecule has 2 aliphatic rings. The van der Waals surface area contributed by atoms with E-state index in [9.17, 15) is 14.4 Å². The zero-order valence-electron chi connectivity index (χ0n) is 29.9. The molecular formula is C37H45N5O9S. The minimum Gasteiger partial charge on any atom is -0.493 e. The summed E-state index contributed by atoms with van der Waals surface area (Å²) < 4.78 is 23.4. The fraction of sp³-hybridized carbons (Fsp3) is 0.432. The second kappa shape index (κ2) is 17.9. The van der Waals surface area contributed by atoms with E-state index < -0.39 is 0 Å². The standard InChI is InChI=1S/C36H43N5O7S.CH2O2/c1-45-22-32(43)39-13-11-31(42)37-19-23-8-7-12-40(20-23)35-25(16-26-27(38-35)18-28(46-2)34(48-4)33(26)47-3)21-41(15-14-39)36(44)30-17-24-9-5-6-10-29(24)49-30;2-1-3/h5-6,9-10,16-18,23H,7-8,11-15,19-22H2,1-4H3,(H,37,42);1H,(H,2,3). The van der Waals surface area contributed by atoms with Crippen LogP contribution in [0.5, 0.6) is 17.2 Å². The Hall–Kier alpha value is -5.15. The van der Waals surface area contributed by atoms with Crippen molar-refractivity contribution in [3.63, 3.8) is 0 Å². The van der Waals surface area contributed by atoms with Gasteiger partial charge in [-0.1, -0.05) is 18.2 Å². The molecule has 0 saturated carbocycles. The summed E-state index contributed by atoms with van der Waals surface area (Å²) >= 11 is 1.44. The number of fused-ring (bicyclic) bond motifs is 6. The molecule has 278 valence electrons. The molecule has 1 unspecified atom stereocenters. The highest BCUT2D eigenvalue weighted by Gasteiger charge is 2.29. The van der Waals surface area contributed by atoms with Gasteiger partial charge in [0.2, 0.25) is 17.6 Å². The monoisotopic (exact) mass is 735 g/mol. The highest BCUT2D eigenvalue weighted by Crippen LogP contribution is 2.44. The van der Waals surface area contributed by atoms with Crippen molar-refractivity contribution in [2.75, 3.05) is 79.2 Å². The van der Waals surface area contributed by atoms with Gasteiger partial charge in [-0.3, -0.25) is 19.2 Å². The van der Waals surface area contributed by atoms with Crippen molar-refractivity contribution >= 4 is 62.3 Å². The van der Waals surface area contributed by atoms with Gasteiger partial charge in [0.05, 0.1) is 31.7 Å². The third kappa shape index (κ3) is 8.65. The minimum absolute atomic E-state index is 0.113. The van der Waals surface area contributed by atoms with E-state index in [0.717, 1.165) is 46.2 Å². The summed E-state index contributed by atoms with van der Waals surface area (Å²) in [4.78, 5) is 60.4. The average molecular weight is 736 g/mol. The quantitative estimate of drug-likeness (QED) is 0.275. The smallest absolute Gasteiger partial charge is 0.290 e. The van der Waals surface area contributed by atoms with Gasteiger partial charge < -0.3 is 44.1 Å². The molecule has 14 nitrogen and oxygen atoms in total. The number of carbonyl (C=O) groups excluding carboxylic acids is 3. The molecule has 1 atom stereocenters. The van der Waals surface area contributed by atoms with Crippen LogP contribution < -0.4 is 24.4 Å². The number of methoxy groups -OCH3 is 4. The molecule has 4 aromatic rings. The molecule has 6 rings (SSSR count). The van der Waals surface area contributed by atoms with Crippen molar-refractivity contribution in [2.24, 2.45) is 5.92 Å². The lowest BCUT2D eigenvalue weighted by Crippen LogP contribution is -2.43. The number of anilines is 1. The second-order valence-corrected chi connectivity index (χ2v) is 13.6. The number of hydrogen-bond donors (Lipinski definition) is 2. The molecule has 1 saturated heterocycles. The molecule has 15 heteroatoms. The fourth-order valence-electron chi connectivity index (χ4n) is 6.74. The van der Waals surface area contributed by atoms with Gasteiger partial charge in [-0.2, -0.15) is 0 Å². The van der Waals surface area contributed by atoms with E-state index in [4.69, 9.17) is 33.8 Å². The van der Waals surface area contributed by atoms with E-state index in [-0.39, 0.29) is 69.3 Å². The van der Waals surface area contributed by atoms with E-state index in [1.807, 2.05) is 42.5 Å². The first-order valence-electron chi connectivity index (χ1n) is 17.0. The van der Waals surface area contributed by atoms with E-state index in [2.05, 4.69) is 10.2 Å². The number of benzene rings is 2. The Morgan fingerprint density at radius 1 is 1.00 bits per heavy atom. The molecule has 52 heavy (non-hydrogen) atoms. The molecule has 2 aromatic carbocycles. The molecule has 1 fully saturated rings. The van der Waals surface area contributed by atoms with Crippen LogP contribution in [0.25, 0.3) is 21.0 Å². The topological polar surface area (TPSA) is 160 Å². The first kappa shape index (κ1) is 38.1. The Morgan fingerprint density at radius 2 is 1.75 bits per heavy atom. The highest BCUT2D eigenvalue weighted by molar-refractivity contribution is 7.20. The Bertz CT molecular complexity index is 1870. The Morgan fingerprint density at radius 3 is 2.46 bits per heavy atom. The normalized spacial score (nSPS) is 16.8. The first-order valence-corrected chi connectivity index (χ1v) is 17.8. The molecular weight excluding hydrogens is 691 g/mol. The summed E-state index contributed by atoms with van der Waals surface area (Å²) in [5, 5.41) is 11.7. The maximum Gasteiger partial charge on any atom is 0.290 e. The number of piperidine rings is 1. The van der Waals surface area contributed by atoms with Crippen LogP contribution in [0.4, 0.5) is 5.82 Å². The molecule has 2 bridgehead atoms. The number of amides is 3. The summed E-state index contributed by atoms with van der Waals surface area (Å²) in [5.74, 6) is 1.90. The molecule has 2 N–H and O–H groups in total. The molecule has 2 aliphatic heterocycles.